The van der Waals surface area contributed by atoms with Gasteiger partial charge in [0.15, 0.2) is 0 Å². The van der Waals surface area contributed by atoms with Crippen LogP contribution in [0.15, 0.2) is 18.2 Å². The third-order valence-corrected chi connectivity index (χ3v) is 6.52. The van der Waals surface area contributed by atoms with Gasteiger partial charge in [-0.3, -0.25) is 4.90 Å². The van der Waals surface area contributed by atoms with Crippen LogP contribution in [0.1, 0.15) is 72.4 Å². The molecular weight excluding hydrogens is 391 g/mol. The Morgan fingerprint density at radius 2 is 1.87 bits per heavy atom. The predicted octanol–water partition coefficient (Wildman–Crippen LogP) is 3.78. The second-order valence-corrected chi connectivity index (χ2v) is 11.0. The van der Waals surface area contributed by atoms with E-state index in [1.165, 1.54) is 11.1 Å². The summed E-state index contributed by atoms with van der Waals surface area (Å²) in [5, 5.41) is 3.04. The fraction of sp³-hybridized carbons (Fsp3) is 0.708. The van der Waals surface area contributed by atoms with Gasteiger partial charge in [0.05, 0.1) is 11.2 Å². The summed E-state index contributed by atoms with van der Waals surface area (Å²) in [5.74, 6) is 0. The van der Waals surface area contributed by atoms with Crippen LogP contribution in [0, 0.1) is 6.92 Å². The van der Waals surface area contributed by atoms with Crippen molar-refractivity contribution in [1.82, 2.24) is 10.2 Å². The number of carbonyl (C=O) groups is 1. The zero-order chi connectivity index (χ0) is 23.0. The molecule has 1 amide bonds. The van der Waals surface area contributed by atoms with Crippen molar-refractivity contribution in [3.63, 3.8) is 0 Å². The van der Waals surface area contributed by atoms with Crippen LogP contribution in [-0.2, 0) is 20.6 Å². The maximum atomic E-state index is 12.2. The number of aryl methyl sites for hydroxylation is 1. The monoisotopic (exact) mass is 430 g/mol. The smallest absolute Gasteiger partial charge is 0.444 e. The van der Waals surface area contributed by atoms with E-state index in [2.05, 4.69) is 63.0 Å². The number of nitrogens with one attached hydrogen (secondary N) is 1. The van der Waals surface area contributed by atoms with Crippen LogP contribution in [-0.4, -0.2) is 54.0 Å². The molecule has 31 heavy (non-hydrogen) atoms. The predicted molar refractivity (Wildman–Crippen MR) is 125 cm³/mol. The number of amides is 1. The Hall–Kier alpha value is -1.57. The Kier molecular flexibility index (Phi) is 6.80. The molecule has 172 valence electrons. The van der Waals surface area contributed by atoms with Gasteiger partial charge in [-0.25, -0.2) is 4.79 Å². The number of likely N-dealkylation sites (tertiary alicyclic amines) is 1. The van der Waals surface area contributed by atoms with Crippen molar-refractivity contribution in [1.29, 1.82) is 0 Å². The molecule has 0 saturated carbocycles. The molecule has 0 aliphatic carbocycles. The lowest BCUT2D eigenvalue weighted by Gasteiger charge is -2.34. The highest BCUT2D eigenvalue weighted by atomic mass is 16.7. The van der Waals surface area contributed by atoms with Crippen molar-refractivity contribution >= 4 is 18.7 Å². The van der Waals surface area contributed by atoms with Crippen LogP contribution in [0.25, 0.3) is 0 Å². The molecule has 3 rings (SSSR count). The maximum Gasteiger partial charge on any atom is 0.494 e. The summed E-state index contributed by atoms with van der Waals surface area (Å²) >= 11 is 0. The summed E-state index contributed by atoms with van der Waals surface area (Å²) in [6, 6.07) is 6.57. The van der Waals surface area contributed by atoms with E-state index < -0.39 is 5.60 Å². The highest BCUT2D eigenvalue weighted by molar-refractivity contribution is 6.62. The minimum absolute atomic E-state index is 0.107. The normalized spacial score (nSPS) is 23.6. The number of carbonyl (C=O) groups excluding carboxylic acids is 1. The second-order valence-electron chi connectivity index (χ2n) is 11.0. The van der Waals surface area contributed by atoms with E-state index in [0.717, 1.165) is 37.9 Å². The molecule has 2 aliphatic heterocycles. The van der Waals surface area contributed by atoms with E-state index in [1.807, 2.05) is 20.8 Å². The van der Waals surface area contributed by atoms with Crippen LogP contribution in [0.3, 0.4) is 0 Å². The fourth-order valence-corrected chi connectivity index (χ4v) is 4.02. The van der Waals surface area contributed by atoms with E-state index in [1.54, 1.807) is 0 Å². The van der Waals surface area contributed by atoms with E-state index >= 15 is 0 Å². The highest BCUT2D eigenvalue weighted by Crippen LogP contribution is 2.36. The second kappa shape index (κ2) is 8.76. The van der Waals surface area contributed by atoms with Gasteiger partial charge in [0, 0.05) is 19.1 Å². The number of piperidine rings is 1. The molecule has 2 heterocycles. The zero-order valence-electron chi connectivity index (χ0n) is 20.5. The molecule has 1 aromatic carbocycles. The standard InChI is InChI=1S/C24H39BN2O4/c1-17-11-12-19(25-30-23(5,6)24(7,8)31-25)14-18(17)15-27-13-9-10-20(16-27)26-21(28)29-22(2,3)4/h11-12,14,20H,9-10,13,15-16H2,1-8H3,(H,26,28)/t20-/m0/s1. The molecule has 2 fully saturated rings. The van der Waals surface area contributed by atoms with Gasteiger partial charge in [-0.1, -0.05) is 18.2 Å². The number of hydrogen-bond acceptors (Lipinski definition) is 5. The zero-order valence-corrected chi connectivity index (χ0v) is 20.5. The first-order chi connectivity index (χ1) is 14.3. The number of benzene rings is 1. The van der Waals surface area contributed by atoms with E-state index in [4.69, 9.17) is 14.0 Å². The number of alkyl carbamates (subject to hydrolysis) is 1. The Balaban J connectivity index is 1.64. The first-order valence-corrected chi connectivity index (χ1v) is 11.4. The van der Waals surface area contributed by atoms with Crippen LogP contribution in [0.5, 0.6) is 0 Å². The maximum absolute atomic E-state index is 12.2. The van der Waals surface area contributed by atoms with Crippen molar-refractivity contribution in [3.05, 3.63) is 29.3 Å². The topological polar surface area (TPSA) is 60.0 Å². The van der Waals surface area contributed by atoms with Gasteiger partial charge >= 0.3 is 13.2 Å². The minimum atomic E-state index is -0.483. The summed E-state index contributed by atoms with van der Waals surface area (Å²) in [4.78, 5) is 14.6. The lowest BCUT2D eigenvalue weighted by Crippen LogP contribution is -2.48. The lowest BCUT2D eigenvalue weighted by atomic mass is 9.77. The molecule has 0 radical (unpaired) electrons. The van der Waals surface area contributed by atoms with Gasteiger partial charge in [0.2, 0.25) is 0 Å². The van der Waals surface area contributed by atoms with E-state index in [-0.39, 0.29) is 30.5 Å². The minimum Gasteiger partial charge on any atom is -0.444 e. The largest absolute Gasteiger partial charge is 0.494 e. The Labute approximate surface area is 188 Å². The average molecular weight is 430 g/mol. The van der Waals surface area contributed by atoms with Crippen molar-refractivity contribution in [2.24, 2.45) is 0 Å². The van der Waals surface area contributed by atoms with Gasteiger partial charge in [-0.05, 0) is 91.4 Å². The van der Waals surface area contributed by atoms with Gasteiger partial charge < -0.3 is 19.4 Å². The fourth-order valence-electron chi connectivity index (χ4n) is 4.02. The van der Waals surface area contributed by atoms with Gasteiger partial charge in [-0.15, -0.1) is 0 Å². The van der Waals surface area contributed by atoms with Crippen molar-refractivity contribution in [2.45, 2.75) is 97.6 Å². The third-order valence-electron chi connectivity index (χ3n) is 6.52. The molecule has 0 spiro atoms. The third kappa shape index (κ3) is 6.02. The Morgan fingerprint density at radius 3 is 2.48 bits per heavy atom. The molecule has 6 nitrogen and oxygen atoms in total. The molecule has 7 heteroatoms. The molecule has 2 saturated heterocycles. The lowest BCUT2D eigenvalue weighted by molar-refractivity contribution is 0.00578. The van der Waals surface area contributed by atoms with Crippen molar-refractivity contribution in [2.75, 3.05) is 13.1 Å². The summed E-state index contributed by atoms with van der Waals surface area (Å²) in [7, 11) is -0.354. The summed E-state index contributed by atoms with van der Waals surface area (Å²) < 4.78 is 17.9. The molecule has 1 aromatic rings. The highest BCUT2D eigenvalue weighted by Gasteiger charge is 2.51. The molecular formula is C24H39BN2O4. The molecule has 1 atom stereocenters. The number of ether oxygens (including phenoxy) is 1. The van der Waals surface area contributed by atoms with Gasteiger partial charge in [-0.2, -0.15) is 0 Å². The van der Waals surface area contributed by atoms with Gasteiger partial charge in [0.25, 0.3) is 0 Å². The molecule has 1 N–H and O–H groups in total. The van der Waals surface area contributed by atoms with Crippen LogP contribution in [0.4, 0.5) is 4.79 Å². The van der Waals surface area contributed by atoms with Crippen LogP contribution in [0.2, 0.25) is 0 Å². The average Bonchev–Trinajstić information content (AvgIpc) is 2.83. The van der Waals surface area contributed by atoms with Crippen molar-refractivity contribution in [3.8, 4) is 0 Å². The quantitative estimate of drug-likeness (QED) is 0.737. The number of nitrogens with zero attached hydrogens (tertiary/aromatic N) is 1. The Bertz CT molecular complexity index is 787. The summed E-state index contributed by atoms with van der Waals surface area (Å²) in [5.41, 5.74) is 2.39. The van der Waals surface area contributed by atoms with Crippen LogP contribution >= 0.6 is 0 Å². The van der Waals surface area contributed by atoms with E-state index in [0.29, 0.717) is 0 Å². The Morgan fingerprint density at radius 1 is 1.23 bits per heavy atom. The van der Waals surface area contributed by atoms with Gasteiger partial charge in [0.1, 0.15) is 5.60 Å². The van der Waals surface area contributed by atoms with Crippen molar-refractivity contribution < 1.29 is 18.8 Å². The summed E-state index contributed by atoms with van der Waals surface area (Å²) in [6.45, 7) is 18.8. The molecule has 0 aromatic heterocycles. The van der Waals surface area contributed by atoms with E-state index in [9.17, 15) is 4.79 Å². The molecule has 2 aliphatic rings. The summed E-state index contributed by atoms with van der Waals surface area (Å²) in [6.07, 6.45) is 1.69. The first-order valence-electron chi connectivity index (χ1n) is 11.4. The first kappa shape index (κ1) is 24.1. The number of rotatable bonds is 4. The van der Waals surface area contributed by atoms with Crippen LogP contribution < -0.4 is 10.8 Å². The SMILES string of the molecule is Cc1ccc(B2OC(C)(C)C(C)(C)O2)cc1CN1CCC[C@H](NC(=O)OC(C)(C)C)C1. The molecule has 0 unspecified atom stereocenters. The molecule has 0 bridgehead atoms. The number of hydrogen-bond donors (Lipinski definition) is 1.